The summed E-state index contributed by atoms with van der Waals surface area (Å²) in [6.45, 7) is 5.94. The quantitative estimate of drug-likeness (QED) is 0.555. The number of amides is 2. The number of rotatable bonds is 5. The lowest BCUT2D eigenvalue weighted by atomic mass is 10.1. The minimum Gasteiger partial charge on any atom is -0.450 e. The molecule has 0 atom stereocenters. The van der Waals surface area contributed by atoms with Gasteiger partial charge in [-0.25, -0.2) is 4.79 Å². The molecule has 0 aliphatic carbocycles. The van der Waals surface area contributed by atoms with Crippen LogP contribution in [0.5, 0.6) is 0 Å². The molecule has 2 N–H and O–H groups in total. The minimum atomic E-state index is -0.231. The average molecular weight is 430 g/mol. The molecule has 2 saturated heterocycles. The fourth-order valence-electron chi connectivity index (χ4n) is 4.04. The molecule has 2 heterocycles. The number of guanidine groups is 1. The highest BCUT2D eigenvalue weighted by molar-refractivity contribution is 5.94. The highest BCUT2D eigenvalue weighted by Gasteiger charge is 2.24. The van der Waals surface area contributed by atoms with Crippen LogP contribution in [-0.2, 0) is 11.3 Å². The van der Waals surface area contributed by atoms with Crippen LogP contribution in [0.3, 0.4) is 0 Å². The monoisotopic (exact) mass is 429 g/mol. The Morgan fingerprint density at radius 1 is 1.03 bits per heavy atom. The van der Waals surface area contributed by atoms with E-state index in [1.165, 1.54) is 6.42 Å². The SMILES string of the molecule is CCOC(=O)N1CCC(NC(=NC)NCc2ccc(C(=O)N3CCCCC3)cc2)CC1. The number of aliphatic imine (C=N–C) groups is 1. The van der Waals surface area contributed by atoms with Crippen LogP contribution in [0.1, 0.15) is 54.9 Å². The molecule has 0 aromatic heterocycles. The fraction of sp³-hybridized carbons (Fsp3) is 0.609. The average Bonchev–Trinajstić information content (AvgIpc) is 2.82. The van der Waals surface area contributed by atoms with Crippen molar-refractivity contribution in [2.45, 2.75) is 51.6 Å². The summed E-state index contributed by atoms with van der Waals surface area (Å²) in [6.07, 6.45) is 4.89. The molecule has 0 bridgehead atoms. The van der Waals surface area contributed by atoms with Gasteiger partial charge in [-0.2, -0.15) is 0 Å². The molecular formula is C23H35N5O3. The fourth-order valence-corrected chi connectivity index (χ4v) is 4.04. The number of nitrogens with zero attached hydrogens (tertiary/aromatic N) is 3. The zero-order valence-corrected chi connectivity index (χ0v) is 18.7. The van der Waals surface area contributed by atoms with Crippen molar-refractivity contribution in [3.8, 4) is 0 Å². The van der Waals surface area contributed by atoms with Crippen LogP contribution >= 0.6 is 0 Å². The van der Waals surface area contributed by atoms with E-state index in [0.717, 1.165) is 55.9 Å². The Morgan fingerprint density at radius 2 is 1.71 bits per heavy atom. The molecule has 2 fully saturated rings. The van der Waals surface area contributed by atoms with Gasteiger partial charge < -0.3 is 25.2 Å². The third kappa shape index (κ3) is 6.60. The predicted octanol–water partition coefficient (Wildman–Crippen LogP) is 2.60. The van der Waals surface area contributed by atoms with Crippen LogP contribution in [0.2, 0.25) is 0 Å². The normalized spacial score (nSPS) is 17.9. The summed E-state index contributed by atoms with van der Waals surface area (Å²) in [5.41, 5.74) is 1.84. The molecule has 3 rings (SSSR count). The first-order chi connectivity index (χ1) is 15.1. The van der Waals surface area contributed by atoms with Crippen molar-refractivity contribution in [2.24, 2.45) is 4.99 Å². The van der Waals surface area contributed by atoms with Gasteiger partial charge in [0, 0.05) is 51.4 Å². The maximum Gasteiger partial charge on any atom is 0.409 e. The number of benzene rings is 1. The van der Waals surface area contributed by atoms with Crippen molar-refractivity contribution < 1.29 is 14.3 Å². The van der Waals surface area contributed by atoms with Crippen molar-refractivity contribution in [3.63, 3.8) is 0 Å². The van der Waals surface area contributed by atoms with Crippen LogP contribution in [0.25, 0.3) is 0 Å². The van der Waals surface area contributed by atoms with Gasteiger partial charge in [-0.05, 0) is 56.7 Å². The van der Waals surface area contributed by atoms with Gasteiger partial charge in [0.25, 0.3) is 5.91 Å². The first kappa shape index (κ1) is 22.9. The van der Waals surface area contributed by atoms with E-state index >= 15 is 0 Å². The van der Waals surface area contributed by atoms with E-state index in [9.17, 15) is 9.59 Å². The first-order valence-electron chi connectivity index (χ1n) is 11.4. The number of hydrogen-bond acceptors (Lipinski definition) is 4. The van der Waals surface area contributed by atoms with E-state index in [0.29, 0.717) is 26.2 Å². The molecule has 8 nitrogen and oxygen atoms in total. The number of likely N-dealkylation sites (tertiary alicyclic amines) is 2. The second-order valence-corrected chi connectivity index (χ2v) is 8.08. The van der Waals surface area contributed by atoms with Gasteiger partial charge in [0.15, 0.2) is 5.96 Å². The van der Waals surface area contributed by atoms with Crippen LogP contribution in [-0.4, -0.2) is 73.6 Å². The number of ether oxygens (including phenoxy) is 1. The van der Waals surface area contributed by atoms with E-state index in [-0.39, 0.29) is 18.0 Å². The van der Waals surface area contributed by atoms with Crippen molar-refractivity contribution in [1.29, 1.82) is 0 Å². The molecule has 0 spiro atoms. The highest BCUT2D eigenvalue weighted by atomic mass is 16.6. The molecule has 31 heavy (non-hydrogen) atoms. The van der Waals surface area contributed by atoms with E-state index in [4.69, 9.17) is 4.74 Å². The third-order valence-corrected chi connectivity index (χ3v) is 5.89. The molecular weight excluding hydrogens is 394 g/mol. The van der Waals surface area contributed by atoms with Gasteiger partial charge in [0.1, 0.15) is 0 Å². The Bertz CT molecular complexity index is 751. The first-order valence-corrected chi connectivity index (χ1v) is 11.4. The zero-order valence-electron chi connectivity index (χ0n) is 18.7. The van der Waals surface area contributed by atoms with Gasteiger partial charge in [0.05, 0.1) is 6.61 Å². The van der Waals surface area contributed by atoms with Gasteiger partial charge in [0.2, 0.25) is 0 Å². The number of nitrogens with one attached hydrogen (secondary N) is 2. The van der Waals surface area contributed by atoms with E-state index in [2.05, 4.69) is 15.6 Å². The Hall–Kier alpha value is -2.77. The lowest BCUT2D eigenvalue weighted by molar-refractivity contribution is 0.0724. The minimum absolute atomic E-state index is 0.130. The summed E-state index contributed by atoms with van der Waals surface area (Å²) in [5.74, 6) is 0.869. The van der Waals surface area contributed by atoms with Crippen LogP contribution in [0.4, 0.5) is 4.79 Å². The Morgan fingerprint density at radius 3 is 2.32 bits per heavy atom. The second-order valence-electron chi connectivity index (χ2n) is 8.08. The lowest BCUT2D eigenvalue weighted by Crippen LogP contribution is -2.49. The molecule has 170 valence electrons. The maximum atomic E-state index is 12.6. The molecule has 2 amide bonds. The number of piperidine rings is 2. The summed E-state index contributed by atoms with van der Waals surface area (Å²) in [4.78, 5) is 32.4. The summed E-state index contributed by atoms with van der Waals surface area (Å²) in [6, 6.07) is 8.08. The Labute approximate surface area is 185 Å². The van der Waals surface area contributed by atoms with Gasteiger partial charge in [-0.3, -0.25) is 9.79 Å². The topological polar surface area (TPSA) is 86.3 Å². The predicted molar refractivity (Wildman–Crippen MR) is 121 cm³/mol. The second kappa shape index (κ2) is 11.6. The maximum absolute atomic E-state index is 12.6. The third-order valence-electron chi connectivity index (χ3n) is 5.89. The zero-order chi connectivity index (χ0) is 22.1. The van der Waals surface area contributed by atoms with E-state index < -0.39 is 0 Å². The van der Waals surface area contributed by atoms with Gasteiger partial charge in [-0.1, -0.05) is 12.1 Å². The standard InChI is InChI=1S/C23H35N5O3/c1-3-31-23(30)28-15-11-20(12-16-28)26-22(24-2)25-17-18-7-9-19(10-8-18)21(29)27-13-5-4-6-14-27/h7-10,20H,3-6,11-17H2,1-2H3,(H2,24,25,26). The van der Waals surface area contributed by atoms with Crippen molar-refractivity contribution in [3.05, 3.63) is 35.4 Å². The molecule has 0 unspecified atom stereocenters. The van der Waals surface area contributed by atoms with E-state index in [1.54, 1.807) is 11.9 Å². The number of carbonyl (C=O) groups is 2. The molecule has 2 aliphatic rings. The smallest absolute Gasteiger partial charge is 0.409 e. The van der Waals surface area contributed by atoms with Crippen molar-refractivity contribution >= 4 is 18.0 Å². The van der Waals surface area contributed by atoms with Crippen molar-refractivity contribution in [2.75, 3.05) is 39.8 Å². The van der Waals surface area contributed by atoms with Crippen molar-refractivity contribution in [1.82, 2.24) is 20.4 Å². The summed E-state index contributed by atoms with van der Waals surface area (Å²) < 4.78 is 5.07. The molecule has 1 aromatic rings. The molecule has 2 aliphatic heterocycles. The van der Waals surface area contributed by atoms with Gasteiger partial charge >= 0.3 is 6.09 Å². The van der Waals surface area contributed by atoms with Gasteiger partial charge in [-0.15, -0.1) is 0 Å². The molecule has 0 saturated carbocycles. The van der Waals surface area contributed by atoms with E-state index in [1.807, 2.05) is 36.1 Å². The Kier molecular flexibility index (Phi) is 8.55. The largest absolute Gasteiger partial charge is 0.450 e. The summed E-state index contributed by atoms with van der Waals surface area (Å²) in [5, 5.41) is 6.78. The number of hydrogen-bond donors (Lipinski definition) is 2. The number of carbonyl (C=O) groups excluding carboxylic acids is 2. The molecule has 0 radical (unpaired) electrons. The summed E-state index contributed by atoms with van der Waals surface area (Å²) in [7, 11) is 1.75. The van der Waals surface area contributed by atoms with Crippen LogP contribution < -0.4 is 10.6 Å². The van der Waals surface area contributed by atoms with Crippen LogP contribution in [0, 0.1) is 0 Å². The lowest BCUT2D eigenvalue weighted by Gasteiger charge is -2.32. The highest BCUT2D eigenvalue weighted by Crippen LogP contribution is 2.14. The Balaban J connectivity index is 1.43. The van der Waals surface area contributed by atoms with Crippen LogP contribution in [0.15, 0.2) is 29.3 Å². The summed E-state index contributed by atoms with van der Waals surface area (Å²) >= 11 is 0. The molecule has 8 heteroatoms. The molecule has 1 aromatic carbocycles.